The first kappa shape index (κ1) is 15.0. The molecule has 1 rings (SSSR count). The van der Waals surface area contributed by atoms with Gasteiger partial charge in [-0.3, -0.25) is 0 Å². The molecular weight excluding hydrogens is 283 g/mol. The van der Waals surface area contributed by atoms with Crippen LogP contribution < -0.4 is 5.32 Å². The van der Waals surface area contributed by atoms with Crippen molar-refractivity contribution in [2.45, 2.75) is 25.4 Å². The second-order valence-electron chi connectivity index (χ2n) is 3.99. The molecule has 17 heavy (non-hydrogen) atoms. The molecule has 96 valence electrons. The van der Waals surface area contributed by atoms with Crippen molar-refractivity contribution in [1.29, 1.82) is 0 Å². The van der Waals surface area contributed by atoms with E-state index < -0.39 is 0 Å². The first-order valence-electron chi connectivity index (χ1n) is 5.38. The highest BCUT2D eigenvalue weighted by molar-refractivity contribution is 6.30. The topological polar surface area (TPSA) is 12.0 Å². The highest BCUT2D eigenvalue weighted by atomic mass is 35.5. The molecule has 0 aliphatic rings. The molecule has 0 unspecified atom stereocenters. The quantitative estimate of drug-likeness (QED) is 0.776. The number of hydrogen-bond acceptors (Lipinski definition) is 1. The molecule has 0 saturated carbocycles. The standard InChI is InChI=1S/C12H15Cl3FN/c1-2-12(7-13,8-14)17-6-9-5-10(15)3-4-11(9)16/h3-5,17H,2,6-8H2,1H3. The van der Waals surface area contributed by atoms with Gasteiger partial charge in [-0.1, -0.05) is 18.5 Å². The van der Waals surface area contributed by atoms with Crippen molar-refractivity contribution in [3.8, 4) is 0 Å². The third-order valence-corrected chi connectivity index (χ3v) is 4.11. The van der Waals surface area contributed by atoms with Gasteiger partial charge in [0.25, 0.3) is 0 Å². The van der Waals surface area contributed by atoms with E-state index in [0.717, 1.165) is 6.42 Å². The Bertz CT molecular complexity index is 359. The normalized spacial score (nSPS) is 11.8. The predicted molar refractivity (Wildman–Crippen MR) is 72.7 cm³/mol. The van der Waals surface area contributed by atoms with E-state index in [1.54, 1.807) is 6.07 Å². The lowest BCUT2D eigenvalue weighted by Crippen LogP contribution is -2.48. The summed E-state index contributed by atoms with van der Waals surface area (Å²) < 4.78 is 13.5. The summed E-state index contributed by atoms with van der Waals surface area (Å²) in [4.78, 5) is 0. The van der Waals surface area contributed by atoms with Crippen LogP contribution in [0.25, 0.3) is 0 Å². The molecule has 0 amide bonds. The molecule has 0 fully saturated rings. The van der Waals surface area contributed by atoms with Crippen LogP contribution in [0.5, 0.6) is 0 Å². The molecule has 1 aromatic carbocycles. The number of halogens is 4. The maximum atomic E-state index is 13.5. The van der Waals surface area contributed by atoms with E-state index in [9.17, 15) is 4.39 Å². The summed E-state index contributed by atoms with van der Waals surface area (Å²) >= 11 is 17.6. The van der Waals surface area contributed by atoms with Crippen molar-refractivity contribution in [3.05, 3.63) is 34.6 Å². The molecule has 1 nitrogen and oxygen atoms in total. The number of nitrogens with one attached hydrogen (secondary N) is 1. The van der Waals surface area contributed by atoms with Crippen molar-refractivity contribution in [3.63, 3.8) is 0 Å². The first-order valence-corrected chi connectivity index (χ1v) is 6.82. The lowest BCUT2D eigenvalue weighted by atomic mass is 10.0. The SMILES string of the molecule is CCC(CCl)(CCl)NCc1cc(Cl)ccc1F. The van der Waals surface area contributed by atoms with Gasteiger partial charge in [0.05, 0.1) is 0 Å². The van der Waals surface area contributed by atoms with Gasteiger partial charge in [0.1, 0.15) is 5.82 Å². The van der Waals surface area contributed by atoms with Crippen LogP contribution in [-0.2, 0) is 6.54 Å². The molecule has 1 aromatic rings. The van der Waals surface area contributed by atoms with E-state index in [4.69, 9.17) is 34.8 Å². The molecule has 0 aromatic heterocycles. The van der Waals surface area contributed by atoms with Crippen molar-refractivity contribution in [1.82, 2.24) is 5.32 Å². The van der Waals surface area contributed by atoms with Crippen molar-refractivity contribution >= 4 is 34.8 Å². The largest absolute Gasteiger partial charge is 0.305 e. The highest BCUT2D eigenvalue weighted by Crippen LogP contribution is 2.19. The molecule has 0 radical (unpaired) electrons. The minimum absolute atomic E-state index is 0.281. The summed E-state index contributed by atoms with van der Waals surface area (Å²) in [6.45, 7) is 2.35. The Morgan fingerprint density at radius 1 is 1.29 bits per heavy atom. The number of benzene rings is 1. The maximum Gasteiger partial charge on any atom is 0.127 e. The van der Waals surface area contributed by atoms with Crippen LogP contribution in [-0.4, -0.2) is 17.3 Å². The van der Waals surface area contributed by atoms with Gasteiger partial charge >= 0.3 is 0 Å². The van der Waals surface area contributed by atoms with Crippen LogP contribution in [0.3, 0.4) is 0 Å². The van der Waals surface area contributed by atoms with Gasteiger partial charge in [0.15, 0.2) is 0 Å². The summed E-state index contributed by atoms with van der Waals surface area (Å²) in [5.41, 5.74) is 0.156. The number of hydrogen-bond donors (Lipinski definition) is 1. The average Bonchev–Trinajstić information content (AvgIpc) is 2.35. The molecule has 0 spiro atoms. The van der Waals surface area contributed by atoms with Crippen LogP contribution in [0, 0.1) is 5.82 Å². The van der Waals surface area contributed by atoms with Gasteiger partial charge in [-0.15, -0.1) is 23.2 Å². The second kappa shape index (κ2) is 6.79. The van der Waals surface area contributed by atoms with E-state index in [-0.39, 0.29) is 11.4 Å². The minimum Gasteiger partial charge on any atom is -0.305 e. The monoisotopic (exact) mass is 297 g/mol. The summed E-state index contributed by atoms with van der Waals surface area (Å²) in [5, 5.41) is 3.72. The third kappa shape index (κ3) is 3.99. The van der Waals surface area contributed by atoms with E-state index in [0.29, 0.717) is 28.9 Å². The Hall–Kier alpha value is -0.0200. The van der Waals surface area contributed by atoms with Gasteiger partial charge in [0, 0.05) is 34.4 Å². The minimum atomic E-state index is -0.363. The first-order chi connectivity index (χ1) is 8.06. The Kier molecular flexibility index (Phi) is 6.01. The molecule has 1 N–H and O–H groups in total. The fourth-order valence-electron chi connectivity index (χ4n) is 1.41. The third-order valence-electron chi connectivity index (χ3n) is 2.85. The zero-order valence-corrected chi connectivity index (χ0v) is 11.8. The lowest BCUT2D eigenvalue weighted by molar-refractivity contribution is 0.381. The number of alkyl halides is 2. The fraction of sp³-hybridized carbons (Fsp3) is 0.500. The van der Waals surface area contributed by atoms with Gasteiger partial charge in [-0.05, 0) is 24.6 Å². The van der Waals surface area contributed by atoms with E-state index in [1.165, 1.54) is 12.1 Å². The predicted octanol–water partition coefficient (Wildman–Crippen LogP) is 4.20. The average molecular weight is 299 g/mol. The fourth-order valence-corrected chi connectivity index (χ4v) is 2.45. The Morgan fingerprint density at radius 3 is 2.47 bits per heavy atom. The molecule has 0 heterocycles. The van der Waals surface area contributed by atoms with Crippen molar-refractivity contribution in [2.75, 3.05) is 11.8 Å². The molecule has 5 heteroatoms. The smallest absolute Gasteiger partial charge is 0.127 e. The Labute approximate surface area is 116 Å². The van der Waals surface area contributed by atoms with Crippen LogP contribution >= 0.6 is 34.8 Å². The van der Waals surface area contributed by atoms with E-state index in [1.807, 2.05) is 6.92 Å². The zero-order valence-electron chi connectivity index (χ0n) is 9.57. The van der Waals surface area contributed by atoms with Crippen LogP contribution in [0.4, 0.5) is 4.39 Å². The molecule has 0 saturated heterocycles. The number of rotatable bonds is 6. The van der Waals surface area contributed by atoms with Crippen LogP contribution in [0.1, 0.15) is 18.9 Å². The van der Waals surface area contributed by atoms with E-state index >= 15 is 0 Å². The Morgan fingerprint density at radius 2 is 1.94 bits per heavy atom. The maximum absolute atomic E-state index is 13.5. The second-order valence-corrected chi connectivity index (χ2v) is 4.96. The van der Waals surface area contributed by atoms with Crippen molar-refractivity contribution < 1.29 is 4.39 Å². The van der Waals surface area contributed by atoms with Gasteiger partial charge in [-0.2, -0.15) is 0 Å². The zero-order chi connectivity index (χ0) is 12.9. The highest BCUT2D eigenvalue weighted by Gasteiger charge is 2.25. The molecular formula is C12H15Cl3FN. The lowest BCUT2D eigenvalue weighted by Gasteiger charge is -2.29. The van der Waals surface area contributed by atoms with Crippen LogP contribution in [0.2, 0.25) is 5.02 Å². The van der Waals surface area contributed by atoms with Gasteiger partial charge in [0.2, 0.25) is 0 Å². The molecule has 0 aliphatic carbocycles. The summed E-state index contributed by atoms with van der Waals surface area (Å²) in [5.74, 6) is 0.487. The molecule has 0 atom stereocenters. The van der Waals surface area contributed by atoms with Crippen LogP contribution in [0.15, 0.2) is 18.2 Å². The summed E-state index contributed by atoms with van der Waals surface area (Å²) in [6.07, 6.45) is 0.780. The van der Waals surface area contributed by atoms with Gasteiger partial charge in [-0.25, -0.2) is 4.39 Å². The van der Waals surface area contributed by atoms with Crippen molar-refractivity contribution in [2.24, 2.45) is 0 Å². The van der Waals surface area contributed by atoms with Gasteiger partial charge < -0.3 is 5.32 Å². The summed E-state index contributed by atoms with van der Waals surface area (Å²) in [6, 6.07) is 4.48. The Balaban J connectivity index is 2.75. The molecule has 0 bridgehead atoms. The molecule has 0 aliphatic heterocycles. The van der Waals surface area contributed by atoms with E-state index in [2.05, 4.69) is 5.32 Å². The summed E-state index contributed by atoms with van der Waals surface area (Å²) in [7, 11) is 0.